The Morgan fingerprint density at radius 2 is 1.91 bits per heavy atom. The van der Waals surface area contributed by atoms with Crippen LogP contribution in [0.2, 0.25) is 0 Å². The van der Waals surface area contributed by atoms with Gasteiger partial charge in [0.15, 0.2) is 17.1 Å². The highest BCUT2D eigenvalue weighted by Crippen LogP contribution is 2.31. The summed E-state index contributed by atoms with van der Waals surface area (Å²) in [6.07, 6.45) is -3.27. The van der Waals surface area contributed by atoms with Crippen LogP contribution in [0.1, 0.15) is 24.4 Å². The van der Waals surface area contributed by atoms with Crippen molar-refractivity contribution >= 4 is 23.4 Å². The molecule has 1 heterocycles. The van der Waals surface area contributed by atoms with Gasteiger partial charge in [-0.1, -0.05) is 23.9 Å². The third-order valence-electron chi connectivity index (χ3n) is 4.60. The van der Waals surface area contributed by atoms with E-state index in [1.165, 1.54) is 12.1 Å². The summed E-state index contributed by atoms with van der Waals surface area (Å²) in [7, 11) is 1.58. The molecule has 1 N–H and O–H groups in total. The van der Waals surface area contributed by atoms with Crippen LogP contribution in [0, 0.1) is 0 Å². The van der Waals surface area contributed by atoms with Crippen LogP contribution < -0.4 is 14.8 Å². The number of alkyl halides is 3. The number of nitrogens with one attached hydrogen (secondary N) is 1. The Morgan fingerprint density at radius 3 is 2.56 bits per heavy atom. The second kappa shape index (κ2) is 11.1. The van der Waals surface area contributed by atoms with Crippen LogP contribution in [-0.4, -0.2) is 33.5 Å². The number of rotatable bonds is 10. The molecule has 34 heavy (non-hydrogen) atoms. The van der Waals surface area contributed by atoms with E-state index in [4.69, 9.17) is 9.47 Å². The predicted octanol–water partition coefficient (Wildman–Crippen LogP) is 5.36. The van der Waals surface area contributed by atoms with E-state index in [1.807, 2.05) is 6.92 Å². The maximum atomic E-state index is 12.9. The second-order valence-corrected chi connectivity index (χ2v) is 8.03. The van der Waals surface area contributed by atoms with E-state index in [-0.39, 0.29) is 11.4 Å². The number of anilines is 1. The van der Waals surface area contributed by atoms with Crippen molar-refractivity contribution in [3.63, 3.8) is 0 Å². The molecule has 0 aliphatic heterocycles. The number of thioether (sulfide) groups is 1. The van der Waals surface area contributed by atoms with E-state index in [2.05, 4.69) is 22.1 Å². The molecule has 0 radical (unpaired) electrons. The summed E-state index contributed by atoms with van der Waals surface area (Å²) in [6.45, 7) is 5.95. The first-order chi connectivity index (χ1) is 16.2. The number of benzene rings is 2. The van der Waals surface area contributed by atoms with Crippen LogP contribution in [0.4, 0.5) is 18.9 Å². The van der Waals surface area contributed by atoms with Crippen molar-refractivity contribution in [3.05, 3.63) is 72.6 Å². The molecule has 0 spiro atoms. The molecule has 3 aromatic rings. The molecule has 0 fully saturated rings. The largest absolute Gasteiger partial charge is 0.497 e. The Bertz CT molecular complexity index is 1130. The maximum Gasteiger partial charge on any atom is 0.416 e. The molecule has 180 valence electrons. The lowest BCUT2D eigenvalue weighted by atomic mass is 10.2. The van der Waals surface area contributed by atoms with Crippen LogP contribution in [0.3, 0.4) is 0 Å². The van der Waals surface area contributed by atoms with Crippen molar-refractivity contribution in [2.24, 2.45) is 0 Å². The van der Waals surface area contributed by atoms with E-state index in [0.717, 1.165) is 23.9 Å². The fourth-order valence-corrected chi connectivity index (χ4v) is 3.77. The SMILES string of the molecule is C=CCn1c(SCC(=O)Nc2cccc(C(F)(F)F)c2)nnc1C(C)Oc1ccc(OC)cc1. The van der Waals surface area contributed by atoms with Crippen LogP contribution in [0.25, 0.3) is 0 Å². The summed E-state index contributed by atoms with van der Waals surface area (Å²) < 4.78 is 51.5. The molecular weight excluding hydrogens is 469 g/mol. The van der Waals surface area contributed by atoms with Crippen molar-refractivity contribution in [1.29, 1.82) is 0 Å². The number of allylic oxidation sites excluding steroid dienone is 1. The Kier molecular flexibility index (Phi) is 8.21. The molecule has 0 aliphatic rings. The van der Waals surface area contributed by atoms with E-state index in [1.54, 1.807) is 42.0 Å². The first-order valence-corrected chi connectivity index (χ1v) is 11.1. The van der Waals surface area contributed by atoms with Gasteiger partial charge in [0.05, 0.1) is 18.4 Å². The molecule has 2 aromatic carbocycles. The lowest BCUT2D eigenvalue weighted by Gasteiger charge is -2.16. The summed E-state index contributed by atoms with van der Waals surface area (Å²) in [4.78, 5) is 12.3. The van der Waals surface area contributed by atoms with Crippen molar-refractivity contribution in [3.8, 4) is 11.5 Å². The Morgan fingerprint density at radius 1 is 1.21 bits per heavy atom. The predicted molar refractivity (Wildman–Crippen MR) is 123 cm³/mol. The van der Waals surface area contributed by atoms with Gasteiger partial charge in [-0.05, 0) is 49.4 Å². The minimum Gasteiger partial charge on any atom is -0.497 e. The molecule has 0 saturated heterocycles. The normalized spacial score (nSPS) is 12.1. The molecular formula is C23H23F3N4O3S. The first-order valence-electron chi connectivity index (χ1n) is 10.2. The number of halogens is 3. The highest BCUT2D eigenvalue weighted by molar-refractivity contribution is 7.99. The molecule has 7 nitrogen and oxygen atoms in total. The molecule has 1 aromatic heterocycles. The fourth-order valence-electron chi connectivity index (χ4n) is 3.02. The molecule has 3 rings (SSSR count). The standard InChI is InChI=1S/C23H23F3N4O3S/c1-4-12-30-21(15(2)33-19-10-8-18(32-3)9-11-19)28-29-22(30)34-14-20(31)27-17-7-5-6-16(13-17)23(24,25)26/h4-11,13,15H,1,12,14H2,2-3H3,(H,27,31). The van der Waals surface area contributed by atoms with Gasteiger partial charge < -0.3 is 14.8 Å². The molecule has 0 saturated carbocycles. The summed E-state index contributed by atoms with van der Waals surface area (Å²) >= 11 is 1.11. The number of aromatic nitrogens is 3. The zero-order valence-electron chi connectivity index (χ0n) is 18.5. The van der Waals surface area contributed by atoms with Gasteiger partial charge in [0.25, 0.3) is 0 Å². The highest BCUT2D eigenvalue weighted by Gasteiger charge is 2.30. The van der Waals surface area contributed by atoms with E-state index < -0.39 is 23.8 Å². The quantitative estimate of drug-likeness (QED) is 0.303. The lowest BCUT2D eigenvalue weighted by Crippen LogP contribution is -2.16. The molecule has 1 atom stereocenters. The molecule has 11 heteroatoms. The number of hydrogen-bond acceptors (Lipinski definition) is 6. The lowest BCUT2D eigenvalue weighted by molar-refractivity contribution is -0.137. The number of hydrogen-bond donors (Lipinski definition) is 1. The van der Waals surface area contributed by atoms with E-state index in [0.29, 0.717) is 29.0 Å². The summed E-state index contributed by atoms with van der Waals surface area (Å²) in [6, 6.07) is 11.6. The highest BCUT2D eigenvalue weighted by atomic mass is 32.2. The zero-order valence-corrected chi connectivity index (χ0v) is 19.3. The van der Waals surface area contributed by atoms with Gasteiger partial charge in [0.2, 0.25) is 5.91 Å². The Hall–Kier alpha value is -3.47. The van der Waals surface area contributed by atoms with Gasteiger partial charge in [0, 0.05) is 12.2 Å². The van der Waals surface area contributed by atoms with Crippen LogP contribution in [0.15, 0.2) is 66.3 Å². The summed E-state index contributed by atoms with van der Waals surface area (Å²) in [5, 5.41) is 11.3. The minimum absolute atomic E-state index is 0.0650. The minimum atomic E-state index is -4.49. The van der Waals surface area contributed by atoms with E-state index in [9.17, 15) is 18.0 Å². The first kappa shape index (κ1) is 25.2. The van der Waals surface area contributed by atoms with Crippen LogP contribution in [-0.2, 0) is 17.5 Å². The monoisotopic (exact) mass is 492 g/mol. The number of nitrogens with zero attached hydrogens (tertiary/aromatic N) is 3. The average Bonchev–Trinajstić information content (AvgIpc) is 3.21. The van der Waals surface area contributed by atoms with Gasteiger partial charge >= 0.3 is 6.18 Å². The fraction of sp³-hybridized carbons (Fsp3) is 0.261. The number of ether oxygens (including phenoxy) is 2. The van der Waals surface area contributed by atoms with Gasteiger partial charge in [-0.2, -0.15) is 13.2 Å². The number of carbonyl (C=O) groups is 1. The van der Waals surface area contributed by atoms with Crippen molar-refractivity contribution in [2.75, 3.05) is 18.2 Å². The van der Waals surface area contributed by atoms with Gasteiger partial charge in [-0.25, -0.2) is 0 Å². The molecule has 1 amide bonds. The van der Waals surface area contributed by atoms with Gasteiger partial charge in [-0.15, -0.1) is 16.8 Å². The van der Waals surface area contributed by atoms with E-state index >= 15 is 0 Å². The van der Waals surface area contributed by atoms with Gasteiger partial charge in [-0.3, -0.25) is 9.36 Å². The molecule has 1 unspecified atom stereocenters. The molecule has 0 aliphatic carbocycles. The topological polar surface area (TPSA) is 78.3 Å². The Balaban J connectivity index is 1.65. The zero-order chi connectivity index (χ0) is 24.7. The van der Waals surface area contributed by atoms with Gasteiger partial charge in [0.1, 0.15) is 11.5 Å². The van der Waals surface area contributed by atoms with Crippen LogP contribution in [0.5, 0.6) is 11.5 Å². The number of amides is 1. The van der Waals surface area contributed by atoms with Crippen molar-refractivity contribution < 1.29 is 27.4 Å². The summed E-state index contributed by atoms with van der Waals surface area (Å²) in [5.74, 6) is 1.32. The van der Waals surface area contributed by atoms with Crippen LogP contribution >= 0.6 is 11.8 Å². The maximum absolute atomic E-state index is 12.9. The number of methoxy groups -OCH3 is 1. The third kappa shape index (κ3) is 6.53. The van der Waals surface area contributed by atoms with Crippen molar-refractivity contribution in [1.82, 2.24) is 14.8 Å². The second-order valence-electron chi connectivity index (χ2n) is 7.09. The smallest absolute Gasteiger partial charge is 0.416 e. The molecule has 0 bridgehead atoms. The van der Waals surface area contributed by atoms with Crippen molar-refractivity contribution in [2.45, 2.75) is 30.9 Å². The number of carbonyl (C=O) groups excluding carboxylic acids is 1. The average molecular weight is 493 g/mol. The summed E-state index contributed by atoms with van der Waals surface area (Å²) in [5.41, 5.74) is -0.769. The third-order valence-corrected chi connectivity index (χ3v) is 5.57. The Labute approximate surface area is 199 Å².